The lowest BCUT2D eigenvalue weighted by Crippen LogP contribution is -2.14. The van der Waals surface area contributed by atoms with E-state index in [1.807, 2.05) is 17.6 Å². The minimum atomic E-state index is -0.248. The Labute approximate surface area is 123 Å². The number of hydrogen-bond acceptors (Lipinski definition) is 3. The van der Waals surface area contributed by atoms with Crippen LogP contribution in [0.15, 0.2) is 12.3 Å². The van der Waals surface area contributed by atoms with Gasteiger partial charge in [-0.15, -0.1) is 0 Å². The molecule has 0 saturated heterocycles. The highest BCUT2D eigenvalue weighted by Gasteiger charge is 2.17. The molecule has 96 valence electrons. The SMILES string of the molecule is CCOC(=O)Cn1c(C)c(I)c2c(Cl)nccc21. The van der Waals surface area contributed by atoms with E-state index in [1.165, 1.54) is 0 Å². The fourth-order valence-corrected chi connectivity index (χ4v) is 3.10. The van der Waals surface area contributed by atoms with Gasteiger partial charge in [-0.25, -0.2) is 4.98 Å². The maximum atomic E-state index is 11.6. The lowest BCUT2D eigenvalue weighted by atomic mass is 10.3. The second-order valence-electron chi connectivity index (χ2n) is 3.79. The van der Waals surface area contributed by atoms with Gasteiger partial charge < -0.3 is 9.30 Å². The summed E-state index contributed by atoms with van der Waals surface area (Å²) in [6.45, 7) is 4.33. The van der Waals surface area contributed by atoms with Gasteiger partial charge in [-0.3, -0.25) is 4.79 Å². The molecule has 2 heterocycles. The molecule has 2 rings (SSSR count). The Balaban J connectivity index is 2.54. The molecule has 0 saturated carbocycles. The molecule has 0 aliphatic carbocycles. The van der Waals surface area contributed by atoms with Crippen molar-refractivity contribution in [1.29, 1.82) is 0 Å². The number of hydrogen-bond donors (Lipinski definition) is 0. The van der Waals surface area contributed by atoms with E-state index in [2.05, 4.69) is 27.6 Å². The van der Waals surface area contributed by atoms with Crippen molar-refractivity contribution in [1.82, 2.24) is 9.55 Å². The highest BCUT2D eigenvalue weighted by atomic mass is 127. The van der Waals surface area contributed by atoms with Gasteiger partial charge in [0.25, 0.3) is 0 Å². The molecule has 0 aromatic carbocycles. The molecule has 0 spiro atoms. The summed E-state index contributed by atoms with van der Waals surface area (Å²) >= 11 is 8.32. The number of halogens is 2. The topological polar surface area (TPSA) is 44.1 Å². The van der Waals surface area contributed by atoms with Crippen molar-refractivity contribution in [2.24, 2.45) is 0 Å². The summed E-state index contributed by atoms with van der Waals surface area (Å²) in [7, 11) is 0. The van der Waals surface area contributed by atoms with E-state index in [0.29, 0.717) is 11.8 Å². The molecular formula is C12H12ClIN2O2. The molecule has 0 unspecified atom stereocenters. The zero-order valence-electron chi connectivity index (χ0n) is 10.0. The standard InChI is InChI=1S/C12H12ClIN2O2/c1-3-18-9(17)6-16-7(2)11(14)10-8(16)4-5-15-12(10)13/h4-5H,3,6H2,1-2H3. The summed E-state index contributed by atoms with van der Waals surface area (Å²) in [4.78, 5) is 15.7. The first-order chi connectivity index (χ1) is 8.56. The van der Waals surface area contributed by atoms with Gasteiger partial charge in [-0.2, -0.15) is 0 Å². The highest BCUT2D eigenvalue weighted by molar-refractivity contribution is 14.1. The molecule has 2 aromatic heterocycles. The van der Waals surface area contributed by atoms with Gasteiger partial charge in [0, 0.05) is 15.5 Å². The number of aromatic nitrogens is 2. The molecule has 6 heteroatoms. The normalized spacial score (nSPS) is 10.9. The maximum Gasteiger partial charge on any atom is 0.325 e. The van der Waals surface area contributed by atoms with Crippen LogP contribution in [0.1, 0.15) is 12.6 Å². The van der Waals surface area contributed by atoms with Crippen molar-refractivity contribution < 1.29 is 9.53 Å². The van der Waals surface area contributed by atoms with E-state index >= 15 is 0 Å². The summed E-state index contributed by atoms with van der Waals surface area (Å²) in [5, 5.41) is 1.35. The van der Waals surface area contributed by atoms with Crippen molar-refractivity contribution in [2.45, 2.75) is 20.4 Å². The number of ether oxygens (including phenoxy) is 1. The van der Waals surface area contributed by atoms with Crippen molar-refractivity contribution in [3.63, 3.8) is 0 Å². The van der Waals surface area contributed by atoms with Crippen molar-refractivity contribution in [3.05, 3.63) is 26.7 Å². The second kappa shape index (κ2) is 5.44. The zero-order chi connectivity index (χ0) is 13.3. The van der Waals surface area contributed by atoms with Crippen molar-refractivity contribution >= 4 is 51.1 Å². The minimum Gasteiger partial charge on any atom is -0.465 e. The largest absolute Gasteiger partial charge is 0.465 e. The van der Waals surface area contributed by atoms with Crippen LogP contribution < -0.4 is 0 Å². The van der Waals surface area contributed by atoms with E-state index in [1.54, 1.807) is 13.1 Å². The second-order valence-corrected chi connectivity index (χ2v) is 5.22. The molecular weight excluding hydrogens is 367 g/mol. The lowest BCUT2D eigenvalue weighted by Gasteiger charge is -2.07. The third-order valence-corrected chi connectivity index (χ3v) is 4.31. The quantitative estimate of drug-likeness (QED) is 0.468. The smallest absolute Gasteiger partial charge is 0.325 e. The average Bonchev–Trinajstić information content (AvgIpc) is 2.56. The summed E-state index contributed by atoms with van der Waals surface area (Å²) in [5.41, 5.74) is 1.90. The molecule has 0 fully saturated rings. The minimum absolute atomic E-state index is 0.194. The predicted molar refractivity (Wildman–Crippen MR) is 78.8 cm³/mol. The Kier molecular flexibility index (Phi) is 4.11. The Morgan fingerprint density at radius 3 is 3.00 bits per heavy atom. The predicted octanol–water partition coefficient (Wildman–Crippen LogP) is 3.17. The van der Waals surface area contributed by atoms with Crippen LogP contribution in [0.3, 0.4) is 0 Å². The van der Waals surface area contributed by atoms with Crippen LogP contribution in [-0.2, 0) is 16.1 Å². The van der Waals surface area contributed by atoms with Gasteiger partial charge in [0.05, 0.1) is 17.5 Å². The summed E-state index contributed by atoms with van der Waals surface area (Å²) in [6, 6.07) is 1.86. The van der Waals surface area contributed by atoms with Gasteiger partial charge in [0.1, 0.15) is 11.7 Å². The highest BCUT2D eigenvalue weighted by Crippen LogP contribution is 2.31. The Bertz CT molecular complexity index is 610. The van der Waals surface area contributed by atoms with Crippen LogP contribution >= 0.6 is 34.2 Å². The molecule has 2 aromatic rings. The molecule has 0 bridgehead atoms. The Morgan fingerprint density at radius 2 is 2.33 bits per heavy atom. The van der Waals surface area contributed by atoms with Crippen LogP contribution in [0.5, 0.6) is 0 Å². The third-order valence-electron chi connectivity index (χ3n) is 2.71. The number of nitrogens with zero attached hydrogens (tertiary/aromatic N) is 2. The van der Waals surface area contributed by atoms with Crippen LogP contribution in [-0.4, -0.2) is 22.1 Å². The molecule has 0 amide bonds. The van der Waals surface area contributed by atoms with Crippen molar-refractivity contribution in [3.8, 4) is 0 Å². The fourth-order valence-electron chi connectivity index (χ4n) is 1.87. The number of fused-ring (bicyclic) bond motifs is 1. The number of esters is 1. The molecule has 0 atom stereocenters. The molecule has 0 N–H and O–H groups in total. The Morgan fingerprint density at radius 1 is 1.61 bits per heavy atom. The first-order valence-corrected chi connectivity index (χ1v) is 6.96. The van der Waals surface area contributed by atoms with E-state index in [0.717, 1.165) is 20.2 Å². The third kappa shape index (κ3) is 2.33. The van der Waals surface area contributed by atoms with Gasteiger partial charge in [-0.05, 0) is 42.5 Å². The van der Waals surface area contributed by atoms with Gasteiger partial charge in [-0.1, -0.05) is 11.6 Å². The van der Waals surface area contributed by atoms with Crippen LogP contribution in [0, 0.1) is 10.5 Å². The number of carbonyl (C=O) groups excluding carboxylic acids is 1. The monoisotopic (exact) mass is 378 g/mol. The number of carbonyl (C=O) groups is 1. The molecule has 0 aliphatic heterocycles. The van der Waals surface area contributed by atoms with E-state index < -0.39 is 0 Å². The lowest BCUT2D eigenvalue weighted by molar-refractivity contribution is -0.143. The average molecular weight is 379 g/mol. The first kappa shape index (κ1) is 13.6. The van der Waals surface area contributed by atoms with Crippen LogP contribution in [0.4, 0.5) is 0 Å². The fraction of sp³-hybridized carbons (Fsp3) is 0.333. The molecule has 18 heavy (non-hydrogen) atoms. The van der Waals surface area contributed by atoms with Crippen LogP contribution in [0.25, 0.3) is 10.9 Å². The van der Waals surface area contributed by atoms with E-state index in [9.17, 15) is 4.79 Å². The van der Waals surface area contributed by atoms with Gasteiger partial charge in [0.2, 0.25) is 0 Å². The van der Waals surface area contributed by atoms with Crippen LogP contribution in [0.2, 0.25) is 5.15 Å². The van der Waals surface area contributed by atoms with Crippen molar-refractivity contribution in [2.75, 3.05) is 6.61 Å². The maximum absolute atomic E-state index is 11.6. The van der Waals surface area contributed by atoms with E-state index in [-0.39, 0.29) is 12.5 Å². The summed E-state index contributed by atoms with van der Waals surface area (Å²) in [6.07, 6.45) is 1.64. The van der Waals surface area contributed by atoms with E-state index in [4.69, 9.17) is 16.3 Å². The first-order valence-electron chi connectivity index (χ1n) is 5.50. The number of pyridine rings is 1. The summed E-state index contributed by atoms with van der Waals surface area (Å²) in [5.74, 6) is -0.248. The molecule has 0 aliphatic rings. The zero-order valence-corrected chi connectivity index (χ0v) is 12.9. The van der Waals surface area contributed by atoms with Gasteiger partial charge >= 0.3 is 5.97 Å². The summed E-state index contributed by atoms with van der Waals surface area (Å²) < 4.78 is 7.90. The molecule has 0 radical (unpaired) electrons. The number of rotatable bonds is 3. The Hall–Kier alpha value is -0.820. The molecule has 4 nitrogen and oxygen atoms in total. The van der Waals surface area contributed by atoms with Gasteiger partial charge in [0.15, 0.2) is 0 Å².